The molecule has 0 spiro atoms. The first-order chi connectivity index (χ1) is 49.8. The van der Waals surface area contributed by atoms with E-state index in [9.17, 15) is 38.4 Å². The van der Waals surface area contributed by atoms with E-state index in [-0.39, 0.29) is 157 Å². The zero-order valence-electron chi connectivity index (χ0n) is 64.3. The smallest absolute Gasteiger partial charge is 0.870 e. The number of hydrogen-bond donors (Lipinski definition) is 3. The number of carbonyl (C=O) groups is 8. The van der Waals surface area contributed by atoms with E-state index in [1.807, 2.05) is 77.9 Å². The van der Waals surface area contributed by atoms with Gasteiger partial charge in [0.1, 0.15) is 59.4 Å². The topological polar surface area (TPSA) is 330 Å². The standard InChI is InChI=1S/2C40H53N5O7.2Na.H2O/c2*1-6-25-19-40(25,37(48)41-21-23-12-13-23)20-32(46)31-18-27-22-45(31)36(47)34(39(2,3)4)44-38(49)52-33-16-24(33)10-8-7-9-11-29-35(51-27)43-30-17-26(50-5)14-15-28(30)42-29;;;/h6,14-15,17,23-25,27,31,33-34H,1,7-13,16,18-22H2,2-5H3,(H,41,48)(H,44,49);6,14-15,17,23-25,27,31,33-34H,1,7-13,16,18-22H2,2-5H3,(H2,41,44,48,49);;;1H2/q;;2*+1;/p-2/t2*24-,25-,27-,31+,33-,34-,40-;;;/m11.../s1. The third-order valence-electron chi connectivity index (χ3n) is 23.3. The van der Waals surface area contributed by atoms with Crippen molar-refractivity contribution in [3.8, 4) is 23.3 Å². The van der Waals surface area contributed by atoms with Crippen LogP contribution in [-0.4, -0.2) is 172 Å². The minimum absolute atomic E-state index is 0. The first kappa shape index (κ1) is 83.0. The molecule has 4 bridgehead atoms. The number of aryl methyl sites for hydroxylation is 2. The van der Waals surface area contributed by atoms with Gasteiger partial charge in [-0.3, -0.25) is 24.0 Å². The van der Waals surface area contributed by atoms with Crippen LogP contribution in [0.15, 0.2) is 61.7 Å². The molecule has 6 aliphatic carbocycles. The summed E-state index contributed by atoms with van der Waals surface area (Å²) < 4.78 is 35.7. The number of amides is 6. The fourth-order valence-electron chi connectivity index (χ4n) is 16.0. The molecule has 2 saturated heterocycles. The van der Waals surface area contributed by atoms with E-state index in [4.69, 9.17) is 48.4 Å². The molecule has 10 aliphatic rings. The Balaban J connectivity index is 0.000000222. The second kappa shape index (κ2) is 34.4. The van der Waals surface area contributed by atoms with Crippen molar-refractivity contribution in [3.63, 3.8) is 0 Å². The van der Waals surface area contributed by atoms with Gasteiger partial charge in [0.05, 0.1) is 72.8 Å². The molecule has 6 amide bonds. The maximum atomic E-state index is 14.6. The van der Waals surface area contributed by atoms with Gasteiger partial charge in [0.15, 0.2) is 11.6 Å². The Labute approximate surface area is 672 Å². The van der Waals surface area contributed by atoms with Gasteiger partial charge in [0, 0.05) is 49.8 Å². The van der Waals surface area contributed by atoms with Crippen LogP contribution in [0.3, 0.4) is 0 Å². The number of Topliss-reactive ketones (excluding diaryl/α,β-unsaturated/α-hetero) is 2. The van der Waals surface area contributed by atoms with E-state index in [1.165, 1.54) is 4.90 Å². The number of hydrogen-bond acceptors (Lipinski definition) is 19. The van der Waals surface area contributed by atoms with Crippen LogP contribution in [-0.2, 0) is 51.1 Å². The van der Waals surface area contributed by atoms with Gasteiger partial charge in [-0.15, -0.1) is 19.7 Å². The predicted octanol–water partition coefficient (Wildman–Crippen LogP) is 5.24. The Bertz CT molecular complexity index is 3740. The molecule has 0 radical (unpaired) electrons. The number of methoxy groups -OCH3 is 2. The summed E-state index contributed by atoms with van der Waals surface area (Å²) >= 11 is 0. The normalized spacial score (nSPS) is 29.9. The Morgan fingerprint density at radius 1 is 0.589 bits per heavy atom. The van der Waals surface area contributed by atoms with Gasteiger partial charge < -0.3 is 69.8 Å². The third kappa shape index (κ3) is 19.6. The monoisotopic (exact) mass is 1490 g/mol. The molecule has 107 heavy (non-hydrogen) atoms. The van der Waals surface area contributed by atoms with Crippen molar-refractivity contribution in [1.29, 1.82) is 0 Å². The number of ether oxygens (including phenoxy) is 6. The molecule has 14 atom stereocenters. The van der Waals surface area contributed by atoms with Crippen LogP contribution in [0.5, 0.6) is 23.3 Å². The first-order valence-corrected chi connectivity index (χ1v) is 38.2. The number of nitrogens with zero attached hydrogens (tertiary/aromatic N) is 7. The molecule has 14 rings (SSSR count). The number of carbonyl (C=O) groups excluding carboxylic acids is 8. The largest absolute Gasteiger partial charge is 1.00 e. The molecule has 2 aromatic carbocycles. The van der Waals surface area contributed by atoms with Crippen LogP contribution in [0, 0.1) is 57.2 Å². The van der Waals surface area contributed by atoms with Crippen LogP contribution in [0.4, 0.5) is 9.59 Å². The van der Waals surface area contributed by atoms with Crippen LogP contribution in [0.2, 0.25) is 0 Å². The Morgan fingerprint density at radius 2 is 1.03 bits per heavy atom. The molecular formula is C80H106N10Na2O15. The molecule has 0 unspecified atom stereocenters. The number of fused-ring (bicyclic) bond motifs is 10. The first-order valence-electron chi connectivity index (χ1n) is 38.2. The summed E-state index contributed by atoms with van der Waals surface area (Å²) in [6, 6.07) is 7.42. The maximum absolute atomic E-state index is 14.6. The maximum Gasteiger partial charge on any atom is 1.00 e. The van der Waals surface area contributed by atoms with Crippen LogP contribution in [0.1, 0.15) is 181 Å². The summed E-state index contributed by atoms with van der Waals surface area (Å²) in [4.78, 5) is 134. The molecule has 25 nitrogen and oxygen atoms in total. The molecule has 8 fully saturated rings. The van der Waals surface area contributed by atoms with Gasteiger partial charge in [-0.2, -0.15) is 0 Å². The number of rotatable bonds is 16. The van der Waals surface area contributed by atoms with Crippen molar-refractivity contribution < 1.29 is 131 Å². The van der Waals surface area contributed by atoms with Crippen molar-refractivity contribution >= 4 is 69.4 Å². The number of alkyl carbamates (subject to hydrolysis) is 2. The molecule has 4 aromatic rings. The fourth-order valence-corrected chi connectivity index (χ4v) is 16.0. The van der Waals surface area contributed by atoms with E-state index in [0.29, 0.717) is 96.7 Å². The second-order valence-corrected chi connectivity index (χ2v) is 33.5. The number of ketones is 2. The summed E-state index contributed by atoms with van der Waals surface area (Å²) in [5, 5.41) is 13.2. The molecule has 27 heteroatoms. The minimum Gasteiger partial charge on any atom is -0.870 e. The second-order valence-electron chi connectivity index (χ2n) is 33.5. The zero-order valence-corrected chi connectivity index (χ0v) is 68.3. The molecule has 568 valence electrons. The summed E-state index contributed by atoms with van der Waals surface area (Å²) in [5.41, 5.74) is 0.950. The van der Waals surface area contributed by atoms with Crippen molar-refractivity contribution in [2.24, 2.45) is 57.2 Å². The average molecular weight is 1490 g/mol. The van der Waals surface area contributed by atoms with Gasteiger partial charge in [0.2, 0.25) is 29.5 Å². The van der Waals surface area contributed by atoms with E-state index in [0.717, 1.165) is 112 Å². The van der Waals surface area contributed by atoms with Crippen molar-refractivity contribution in [2.75, 3.05) is 40.4 Å². The molecule has 4 N–H and O–H groups in total. The van der Waals surface area contributed by atoms with E-state index >= 15 is 0 Å². The minimum atomic E-state index is -0.973. The molecule has 2 aromatic heterocycles. The average Bonchev–Trinajstić information content (AvgIpc) is 1.58. The molecule has 6 saturated carbocycles. The van der Waals surface area contributed by atoms with Crippen LogP contribution in [0.25, 0.3) is 27.4 Å². The summed E-state index contributed by atoms with van der Waals surface area (Å²) in [6.07, 6.45) is 17.0. The summed E-state index contributed by atoms with van der Waals surface area (Å²) in [6.45, 7) is 20.4. The molecule has 6 heterocycles. The zero-order chi connectivity index (χ0) is 73.6. The van der Waals surface area contributed by atoms with Crippen molar-refractivity contribution in [3.05, 3.63) is 78.4 Å². The third-order valence-corrected chi connectivity index (χ3v) is 23.3. The predicted molar refractivity (Wildman–Crippen MR) is 389 cm³/mol. The summed E-state index contributed by atoms with van der Waals surface area (Å²) in [5.74, 6) is 1.75. The van der Waals surface area contributed by atoms with Crippen molar-refractivity contribution in [1.82, 2.24) is 45.7 Å². The summed E-state index contributed by atoms with van der Waals surface area (Å²) in [7, 11) is 3.20. The van der Waals surface area contributed by atoms with Crippen LogP contribution < -0.4 is 94.0 Å². The van der Waals surface area contributed by atoms with Gasteiger partial charge in [-0.1, -0.05) is 98.1 Å². The number of benzene rings is 2. The Morgan fingerprint density at radius 3 is 1.44 bits per heavy atom. The molecule has 4 aliphatic heterocycles. The number of nitrogens with one attached hydrogen (secondary N) is 3. The Kier molecular flexibility index (Phi) is 26.7. The number of aromatic nitrogens is 4. The van der Waals surface area contributed by atoms with E-state index in [1.54, 1.807) is 31.3 Å². The van der Waals surface area contributed by atoms with Gasteiger partial charge >= 0.3 is 71.3 Å². The van der Waals surface area contributed by atoms with Crippen LogP contribution >= 0.6 is 0 Å². The van der Waals surface area contributed by atoms with E-state index < -0.39 is 76.1 Å². The number of allylic oxidation sites excluding steroid dienone is 2. The molecular weight excluding hydrogens is 1390 g/mol. The van der Waals surface area contributed by atoms with Gasteiger partial charge in [0.25, 0.3) is 0 Å². The van der Waals surface area contributed by atoms with Gasteiger partial charge in [-0.05, 0) is 142 Å². The van der Waals surface area contributed by atoms with Crippen molar-refractivity contribution in [2.45, 2.75) is 231 Å². The fraction of sp³-hybridized carbons (Fsp3) is 0.650. The van der Waals surface area contributed by atoms with Gasteiger partial charge in [-0.25, -0.2) is 29.5 Å². The quantitative estimate of drug-likeness (QED) is 0.0954. The Hall–Kier alpha value is -6.48. The SMILES string of the molecule is C=C[C@@H]1C[C@]1(CC(=O)[C@@H]1C[C@@H]2CN1C(=O)[C@H](C(C)(C)C)NC(=O)O[C@@H]1C[C@H]1CCCCCc1nc3ccc(OC)cc3nc1O2)C(=O)NCC1CC1.C=C[C@@H]1C[C@]1(CC(=O)[C@@H]1C[C@@H]2CN1C(=O)[C@H](C(C)(C)C)NC(=O)O[C@@H]1C[C@H]1CCCCCc1nc3ccc(OC)cc3nc1O2)C(=O)[N-]CC1CC1.[Na+].[Na+].[OH-]. The van der Waals surface area contributed by atoms with E-state index in [2.05, 4.69) is 34.4 Å².